The highest BCUT2D eigenvalue weighted by Crippen LogP contribution is 2.26. The summed E-state index contributed by atoms with van der Waals surface area (Å²) in [6.07, 6.45) is 4.92. The van der Waals surface area contributed by atoms with E-state index in [1.54, 1.807) is 24.3 Å². The van der Waals surface area contributed by atoms with Crippen LogP contribution in [0, 0.1) is 5.92 Å². The molecule has 1 fully saturated rings. The van der Waals surface area contributed by atoms with Crippen molar-refractivity contribution < 1.29 is 8.78 Å². The van der Waals surface area contributed by atoms with Crippen LogP contribution < -0.4 is 10.6 Å². The van der Waals surface area contributed by atoms with Crippen LogP contribution in [-0.2, 0) is 0 Å². The van der Waals surface area contributed by atoms with E-state index in [0.29, 0.717) is 33.7 Å². The Labute approximate surface area is 134 Å². The molecule has 1 aliphatic carbocycles. The van der Waals surface area contributed by atoms with Gasteiger partial charge in [-0.1, -0.05) is 31.5 Å². The monoisotopic (exact) mass is 330 g/mol. The molecule has 0 bridgehead atoms. The lowest BCUT2D eigenvalue weighted by molar-refractivity contribution is 0.252. The summed E-state index contributed by atoms with van der Waals surface area (Å²) in [7, 11) is 0. The molecule has 0 spiro atoms. The van der Waals surface area contributed by atoms with Gasteiger partial charge in [-0.05, 0) is 55.2 Å². The lowest BCUT2D eigenvalue weighted by atomic mass is 9.86. The smallest absolute Gasteiger partial charge is 0.288 e. The number of hydrogen-bond acceptors (Lipinski definition) is 2. The second-order valence-electron chi connectivity index (χ2n) is 5.37. The van der Waals surface area contributed by atoms with Crippen molar-refractivity contribution in [2.45, 2.75) is 49.3 Å². The number of hydrogen-bond donors (Lipinski definition) is 2. The van der Waals surface area contributed by atoms with Gasteiger partial charge in [-0.15, -0.1) is 0 Å². The van der Waals surface area contributed by atoms with Crippen molar-refractivity contribution in [3.05, 3.63) is 24.3 Å². The minimum atomic E-state index is -2.39. The van der Waals surface area contributed by atoms with Crippen LogP contribution >= 0.6 is 24.0 Å². The van der Waals surface area contributed by atoms with Crippen LogP contribution in [0.3, 0.4) is 0 Å². The Bertz CT molecular complexity index is 465. The second-order valence-corrected chi connectivity index (χ2v) is 6.84. The van der Waals surface area contributed by atoms with E-state index in [4.69, 9.17) is 12.2 Å². The summed E-state index contributed by atoms with van der Waals surface area (Å²) in [6, 6.07) is 7.30. The Hall–Kier alpha value is -0.880. The number of benzene rings is 1. The zero-order chi connectivity index (χ0) is 15.2. The van der Waals surface area contributed by atoms with Crippen LogP contribution in [0.4, 0.5) is 14.5 Å². The van der Waals surface area contributed by atoms with E-state index < -0.39 is 5.76 Å². The summed E-state index contributed by atoms with van der Waals surface area (Å²) in [5.74, 6) is -1.76. The van der Waals surface area contributed by atoms with Crippen LogP contribution in [0.1, 0.15) is 32.6 Å². The molecule has 116 valence electrons. The fraction of sp³-hybridized carbons (Fsp3) is 0.533. The van der Waals surface area contributed by atoms with E-state index in [0.717, 1.165) is 12.1 Å². The van der Waals surface area contributed by atoms with Crippen LogP contribution in [0.25, 0.3) is 0 Å². The molecule has 1 aromatic carbocycles. The molecule has 2 N–H and O–H groups in total. The van der Waals surface area contributed by atoms with Gasteiger partial charge >= 0.3 is 0 Å². The highest BCUT2D eigenvalue weighted by Gasteiger charge is 2.21. The average Bonchev–Trinajstić information content (AvgIpc) is 2.43. The summed E-state index contributed by atoms with van der Waals surface area (Å²) in [5, 5.41) is 7.07. The van der Waals surface area contributed by atoms with Crippen LogP contribution in [0.5, 0.6) is 0 Å². The lowest BCUT2D eigenvalue weighted by Crippen LogP contribution is -2.43. The number of thioether (sulfide) groups is 1. The van der Waals surface area contributed by atoms with Crippen molar-refractivity contribution >= 4 is 34.8 Å². The molecule has 1 aromatic rings. The quantitative estimate of drug-likeness (QED) is 0.608. The van der Waals surface area contributed by atoms with Crippen LogP contribution in [0.15, 0.2) is 29.2 Å². The lowest BCUT2D eigenvalue weighted by Gasteiger charge is -2.30. The molecular weight excluding hydrogens is 310 g/mol. The number of anilines is 1. The maximum Gasteiger partial charge on any atom is 0.288 e. The molecule has 2 atom stereocenters. The molecule has 2 nitrogen and oxygen atoms in total. The standard InChI is InChI=1S/C15H20F2N2S2/c1-10-4-2-3-5-13(10)19-15(20)18-11-6-8-12(9-7-11)21-14(16)17/h6-10,13-14H,2-5H2,1H3,(H2,18,19,20)/t10-,13-/m0/s1. The SMILES string of the molecule is C[C@H]1CCCC[C@@H]1NC(=S)Nc1ccc(SC(F)F)cc1. The topological polar surface area (TPSA) is 24.1 Å². The highest BCUT2D eigenvalue weighted by molar-refractivity contribution is 7.99. The molecule has 0 aromatic heterocycles. The number of halogens is 2. The van der Waals surface area contributed by atoms with Crippen molar-refractivity contribution in [3.8, 4) is 0 Å². The molecule has 0 radical (unpaired) electrons. The molecule has 1 aliphatic rings. The van der Waals surface area contributed by atoms with Gasteiger partial charge in [0.2, 0.25) is 0 Å². The molecule has 0 amide bonds. The Balaban J connectivity index is 1.84. The molecular formula is C15H20F2N2S2. The third-order valence-electron chi connectivity index (χ3n) is 3.77. The van der Waals surface area contributed by atoms with Gasteiger partial charge in [-0.2, -0.15) is 8.78 Å². The molecule has 0 aliphatic heterocycles. The molecule has 6 heteroatoms. The van der Waals surface area contributed by atoms with Crippen molar-refractivity contribution in [2.24, 2.45) is 5.92 Å². The molecule has 21 heavy (non-hydrogen) atoms. The van der Waals surface area contributed by atoms with Gasteiger partial charge in [0.15, 0.2) is 5.11 Å². The van der Waals surface area contributed by atoms with Gasteiger partial charge in [0.25, 0.3) is 5.76 Å². The molecule has 0 unspecified atom stereocenters. The maximum absolute atomic E-state index is 12.2. The zero-order valence-corrected chi connectivity index (χ0v) is 13.6. The zero-order valence-electron chi connectivity index (χ0n) is 11.9. The number of rotatable bonds is 4. The summed E-state index contributed by atoms with van der Waals surface area (Å²) < 4.78 is 24.5. The number of alkyl halides is 2. The molecule has 1 saturated carbocycles. The van der Waals surface area contributed by atoms with Crippen molar-refractivity contribution in [1.82, 2.24) is 5.32 Å². The Morgan fingerprint density at radius 3 is 2.52 bits per heavy atom. The minimum Gasteiger partial charge on any atom is -0.359 e. The van der Waals surface area contributed by atoms with Gasteiger partial charge < -0.3 is 10.6 Å². The van der Waals surface area contributed by atoms with Gasteiger partial charge in [0, 0.05) is 16.6 Å². The summed E-state index contributed by atoms with van der Waals surface area (Å²) in [4.78, 5) is 0.551. The normalized spacial score (nSPS) is 22.1. The molecule has 0 heterocycles. The number of thiocarbonyl (C=S) groups is 1. The fourth-order valence-corrected chi connectivity index (χ4v) is 3.35. The van der Waals surface area contributed by atoms with Crippen molar-refractivity contribution in [1.29, 1.82) is 0 Å². The largest absolute Gasteiger partial charge is 0.359 e. The first kappa shape index (κ1) is 16.5. The first-order valence-corrected chi connectivity index (χ1v) is 8.46. The van der Waals surface area contributed by atoms with E-state index in [2.05, 4.69) is 17.6 Å². The van der Waals surface area contributed by atoms with E-state index in [9.17, 15) is 8.78 Å². The predicted octanol–water partition coefficient (Wildman–Crippen LogP) is 4.87. The predicted molar refractivity (Wildman–Crippen MR) is 89.1 cm³/mol. The first-order valence-electron chi connectivity index (χ1n) is 7.17. The van der Waals surface area contributed by atoms with Crippen molar-refractivity contribution in [2.75, 3.05) is 5.32 Å². The Morgan fingerprint density at radius 2 is 1.90 bits per heavy atom. The fourth-order valence-electron chi connectivity index (χ4n) is 2.59. The Kier molecular flexibility index (Phi) is 6.23. The molecule has 0 saturated heterocycles. The van der Waals surface area contributed by atoms with E-state index in [1.807, 2.05) is 0 Å². The van der Waals surface area contributed by atoms with Gasteiger partial charge in [0.05, 0.1) is 0 Å². The number of nitrogens with one attached hydrogen (secondary N) is 2. The van der Waals surface area contributed by atoms with Gasteiger partial charge in [0.1, 0.15) is 0 Å². The highest BCUT2D eigenvalue weighted by atomic mass is 32.2. The first-order chi connectivity index (χ1) is 10.0. The minimum absolute atomic E-state index is 0.424. The summed E-state index contributed by atoms with van der Waals surface area (Å²) >= 11 is 5.87. The van der Waals surface area contributed by atoms with Crippen LogP contribution in [0.2, 0.25) is 0 Å². The maximum atomic E-state index is 12.2. The Morgan fingerprint density at radius 1 is 1.24 bits per heavy atom. The second kappa shape index (κ2) is 7.94. The average molecular weight is 330 g/mol. The van der Waals surface area contributed by atoms with E-state index in [-0.39, 0.29) is 0 Å². The van der Waals surface area contributed by atoms with Crippen LogP contribution in [-0.4, -0.2) is 16.9 Å². The third kappa shape index (κ3) is 5.43. The van der Waals surface area contributed by atoms with Gasteiger partial charge in [-0.3, -0.25) is 0 Å². The summed E-state index contributed by atoms with van der Waals surface area (Å²) in [6.45, 7) is 2.25. The third-order valence-corrected chi connectivity index (χ3v) is 4.71. The summed E-state index contributed by atoms with van der Waals surface area (Å²) in [5.41, 5.74) is 0.814. The van der Waals surface area contributed by atoms with E-state index >= 15 is 0 Å². The van der Waals surface area contributed by atoms with Crippen molar-refractivity contribution in [3.63, 3.8) is 0 Å². The van der Waals surface area contributed by atoms with Gasteiger partial charge in [-0.25, -0.2) is 0 Å². The molecule has 2 rings (SSSR count). The van der Waals surface area contributed by atoms with E-state index in [1.165, 1.54) is 19.3 Å².